The Morgan fingerprint density at radius 2 is 1.78 bits per heavy atom. The molecule has 27 heavy (non-hydrogen) atoms. The quantitative estimate of drug-likeness (QED) is 0.724. The average molecular weight is 364 g/mol. The number of fused-ring (bicyclic) bond motifs is 1. The minimum atomic E-state index is -0.415. The summed E-state index contributed by atoms with van der Waals surface area (Å²) in [6, 6.07) is 17.5. The Bertz CT molecular complexity index is 786. The molecule has 3 rings (SSSR count). The van der Waals surface area contributed by atoms with E-state index in [9.17, 15) is 9.59 Å². The smallest absolute Gasteiger partial charge is 0.255 e. The lowest BCUT2D eigenvalue weighted by molar-refractivity contribution is -0.126. The van der Waals surface area contributed by atoms with Crippen LogP contribution in [0.5, 0.6) is 0 Å². The molecule has 1 heterocycles. The summed E-state index contributed by atoms with van der Waals surface area (Å²) < 4.78 is 0. The van der Waals surface area contributed by atoms with E-state index in [2.05, 4.69) is 31.3 Å². The van der Waals surface area contributed by atoms with Gasteiger partial charge in [-0.1, -0.05) is 62.4 Å². The lowest BCUT2D eigenvalue weighted by atomic mass is 10.0. The van der Waals surface area contributed by atoms with Gasteiger partial charge >= 0.3 is 0 Å². The fraction of sp³-hybridized carbons (Fsp3) is 0.391. The second-order valence-corrected chi connectivity index (χ2v) is 7.62. The predicted molar refractivity (Wildman–Crippen MR) is 107 cm³/mol. The Hall–Kier alpha value is -2.62. The van der Waals surface area contributed by atoms with Crippen molar-refractivity contribution >= 4 is 11.8 Å². The number of carbonyl (C=O) groups is 2. The molecule has 0 aromatic heterocycles. The lowest BCUT2D eigenvalue weighted by Gasteiger charge is -2.28. The number of carbonyl (C=O) groups excluding carboxylic acids is 2. The second kappa shape index (κ2) is 8.85. The van der Waals surface area contributed by atoms with Crippen LogP contribution < -0.4 is 5.32 Å². The van der Waals surface area contributed by atoms with Gasteiger partial charge in [-0.2, -0.15) is 0 Å². The highest BCUT2D eigenvalue weighted by Gasteiger charge is 2.36. The van der Waals surface area contributed by atoms with Gasteiger partial charge in [-0.15, -0.1) is 0 Å². The number of aryl methyl sites for hydroxylation is 1. The molecule has 0 fully saturated rings. The lowest BCUT2D eigenvalue weighted by Crippen LogP contribution is -2.48. The van der Waals surface area contributed by atoms with Crippen molar-refractivity contribution in [3.8, 4) is 0 Å². The summed E-state index contributed by atoms with van der Waals surface area (Å²) >= 11 is 0. The van der Waals surface area contributed by atoms with E-state index in [1.807, 2.05) is 42.5 Å². The maximum atomic E-state index is 12.9. The summed E-state index contributed by atoms with van der Waals surface area (Å²) in [5.41, 5.74) is 3.01. The maximum absolute atomic E-state index is 12.9. The van der Waals surface area contributed by atoms with Crippen molar-refractivity contribution in [1.82, 2.24) is 10.2 Å². The number of hydrogen-bond donors (Lipinski definition) is 1. The average Bonchev–Trinajstić information content (AvgIpc) is 3.00. The van der Waals surface area contributed by atoms with Crippen molar-refractivity contribution in [3.05, 3.63) is 71.3 Å². The van der Waals surface area contributed by atoms with Gasteiger partial charge in [0.2, 0.25) is 5.91 Å². The van der Waals surface area contributed by atoms with Crippen LogP contribution in [0.15, 0.2) is 54.6 Å². The highest BCUT2D eigenvalue weighted by molar-refractivity contribution is 6.01. The van der Waals surface area contributed by atoms with Crippen molar-refractivity contribution in [3.63, 3.8) is 0 Å². The molecule has 1 N–H and O–H groups in total. The van der Waals surface area contributed by atoms with Crippen LogP contribution in [-0.2, 0) is 17.8 Å². The number of nitrogens with one attached hydrogen (secondary N) is 1. The predicted octanol–water partition coefficient (Wildman–Crippen LogP) is 3.81. The molecule has 1 aliphatic heterocycles. The first-order valence-corrected chi connectivity index (χ1v) is 9.76. The first kappa shape index (κ1) is 19.2. The monoisotopic (exact) mass is 364 g/mol. The summed E-state index contributed by atoms with van der Waals surface area (Å²) in [6.45, 7) is 5.31. The van der Waals surface area contributed by atoms with E-state index >= 15 is 0 Å². The maximum Gasteiger partial charge on any atom is 0.255 e. The molecule has 1 unspecified atom stereocenters. The molecule has 2 amide bonds. The van der Waals surface area contributed by atoms with Crippen LogP contribution in [0.1, 0.15) is 48.2 Å². The summed E-state index contributed by atoms with van der Waals surface area (Å²) in [7, 11) is 0. The molecule has 0 aliphatic carbocycles. The Kier molecular flexibility index (Phi) is 6.28. The van der Waals surface area contributed by atoms with E-state index in [1.165, 1.54) is 5.56 Å². The van der Waals surface area contributed by atoms with E-state index in [0.717, 1.165) is 24.0 Å². The second-order valence-electron chi connectivity index (χ2n) is 7.62. The Morgan fingerprint density at radius 3 is 2.48 bits per heavy atom. The Morgan fingerprint density at radius 1 is 1.07 bits per heavy atom. The molecule has 2 aromatic carbocycles. The molecule has 4 nitrogen and oxygen atoms in total. The fourth-order valence-electron chi connectivity index (χ4n) is 3.62. The highest BCUT2D eigenvalue weighted by atomic mass is 16.2. The summed E-state index contributed by atoms with van der Waals surface area (Å²) in [4.78, 5) is 27.4. The van der Waals surface area contributed by atoms with Crippen LogP contribution in [-0.4, -0.2) is 29.3 Å². The molecular formula is C23H28N2O2. The standard InChI is InChI=1S/C23H28N2O2/c1-17(2)15-21(25-16-19-12-6-7-13-20(19)23(25)27)22(26)24-14-8-11-18-9-4-3-5-10-18/h3-7,9-10,12-13,17,21H,8,11,14-16H2,1-2H3,(H,24,26). The van der Waals surface area contributed by atoms with Gasteiger partial charge in [-0.05, 0) is 42.4 Å². The van der Waals surface area contributed by atoms with Gasteiger partial charge in [0.15, 0.2) is 0 Å². The molecule has 2 aromatic rings. The SMILES string of the molecule is CC(C)CC(C(=O)NCCCc1ccccc1)N1Cc2ccccc2C1=O. The molecule has 0 radical (unpaired) electrons. The normalized spacial score (nSPS) is 14.3. The van der Waals surface area contributed by atoms with E-state index in [1.54, 1.807) is 4.90 Å². The van der Waals surface area contributed by atoms with E-state index in [0.29, 0.717) is 25.4 Å². The van der Waals surface area contributed by atoms with Crippen molar-refractivity contribution in [2.75, 3.05) is 6.54 Å². The third-order valence-electron chi connectivity index (χ3n) is 5.01. The van der Waals surface area contributed by atoms with Crippen LogP contribution in [0, 0.1) is 5.92 Å². The number of hydrogen-bond acceptors (Lipinski definition) is 2. The molecule has 0 spiro atoms. The van der Waals surface area contributed by atoms with Crippen LogP contribution in [0.2, 0.25) is 0 Å². The molecule has 1 atom stereocenters. The Labute approximate surface area is 161 Å². The van der Waals surface area contributed by atoms with Gasteiger partial charge in [-0.3, -0.25) is 9.59 Å². The highest BCUT2D eigenvalue weighted by Crippen LogP contribution is 2.26. The topological polar surface area (TPSA) is 49.4 Å². The number of benzene rings is 2. The Balaban J connectivity index is 1.59. The minimum Gasteiger partial charge on any atom is -0.354 e. The molecule has 4 heteroatoms. The van der Waals surface area contributed by atoms with Crippen molar-refractivity contribution in [2.24, 2.45) is 5.92 Å². The van der Waals surface area contributed by atoms with E-state index in [-0.39, 0.29) is 11.8 Å². The number of nitrogens with zero attached hydrogens (tertiary/aromatic N) is 1. The zero-order valence-electron chi connectivity index (χ0n) is 16.2. The third kappa shape index (κ3) is 4.76. The van der Waals surface area contributed by atoms with Gasteiger partial charge in [-0.25, -0.2) is 0 Å². The fourth-order valence-corrected chi connectivity index (χ4v) is 3.62. The number of rotatable bonds is 8. The molecule has 0 bridgehead atoms. The zero-order valence-corrected chi connectivity index (χ0v) is 16.2. The first-order chi connectivity index (χ1) is 13.1. The van der Waals surface area contributed by atoms with Crippen LogP contribution in [0.4, 0.5) is 0 Å². The summed E-state index contributed by atoms with van der Waals surface area (Å²) in [5.74, 6) is 0.259. The van der Waals surface area contributed by atoms with Crippen molar-refractivity contribution in [2.45, 2.75) is 45.7 Å². The van der Waals surface area contributed by atoms with Crippen LogP contribution in [0.25, 0.3) is 0 Å². The summed E-state index contributed by atoms with van der Waals surface area (Å²) in [6.07, 6.45) is 2.49. The zero-order chi connectivity index (χ0) is 19.2. The third-order valence-corrected chi connectivity index (χ3v) is 5.01. The minimum absolute atomic E-state index is 0.0318. The molecule has 0 saturated heterocycles. The van der Waals surface area contributed by atoms with Gasteiger partial charge < -0.3 is 10.2 Å². The van der Waals surface area contributed by atoms with Gasteiger partial charge in [0.25, 0.3) is 5.91 Å². The van der Waals surface area contributed by atoms with Crippen LogP contribution in [0.3, 0.4) is 0 Å². The van der Waals surface area contributed by atoms with E-state index in [4.69, 9.17) is 0 Å². The van der Waals surface area contributed by atoms with Crippen molar-refractivity contribution in [1.29, 1.82) is 0 Å². The largest absolute Gasteiger partial charge is 0.354 e. The molecular weight excluding hydrogens is 336 g/mol. The summed E-state index contributed by atoms with van der Waals surface area (Å²) in [5, 5.41) is 3.05. The van der Waals surface area contributed by atoms with Crippen LogP contribution >= 0.6 is 0 Å². The van der Waals surface area contributed by atoms with E-state index < -0.39 is 6.04 Å². The van der Waals surface area contributed by atoms with Gasteiger partial charge in [0.1, 0.15) is 6.04 Å². The first-order valence-electron chi connectivity index (χ1n) is 9.76. The molecule has 0 saturated carbocycles. The number of amides is 2. The van der Waals surface area contributed by atoms with Gasteiger partial charge in [0, 0.05) is 18.7 Å². The van der Waals surface area contributed by atoms with Gasteiger partial charge in [0.05, 0.1) is 0 Å². The van der Waals surface area contributed by atoms with Crippen molar-refractivity contribution < 1.29 is 9.59 Å². The molecule has 1 aliphatic rings. The molecule has 142 valence electrons.